The molecule has 0 atom stereocenters. The van der Waals surface area contributed by atoms with Crippen LogP contribution >= 0.6 is 0 Å². The smallest absolute Gasteiger partial charge is 0.0491 e. The van der Waals surface area contributed by atoms with E-state index in [1.54, 1.807) is 0 Å². The van der Waals surface area contributed by atoms with Crippen molar-refractivity contribution in [3.8, 4) is 0 Å². The predicted molar refractivity (Wildman–Crippen MR) is 86.7 cm³/mol. The fraction of sp³-hybridized carbons (Fsp3) is 0.333. The molecule has 2 N–H and O–H groups in total. The van der Waals surface area contributed by atoms with Gasteiger partial charge in [0, 0.05) is 41.6 Å². The summed E-state index contributed by atoms with van der Waals surface area (Å²) < 4.78 is 2.32. The third-order valence-corrected chi connectivity index (χ3v) is 4.11. The van der Waals surface area contributed by atoms with Crippen molar-refractivity contribution < 1.29 is 10.2 Å². The van der Waals surface area contributed by atoms with Crippen LogP contribution in [0.5, 0.6) is 0 Å². The molecule has 0 bridgehead atoms. The van der Waals surface area contributed by atoms with Gasteiger partial charge in [-0.3, -0.25) is 0 Å². The van der Waals surface area contributed by atoms with E-state index in [4.69, 9.17) is 10.2 Å². The Morgan fingerprint density at radius 2 is 1.29 bits per heavy atom. The van der Waals surface area contributed by atoms with Gasteiger partial charge in [0.15, 0.2) is 0 Å². The van der Waals surface area contributed by atoms with E-state index in [0.29, 0.717) is 12.8 Å². The van der Waals surface area contributed by atoms with Crippen LogP contribution < -0.4 is 0 Å². The molecule has 0 aliphatic heterocycles. The van der Waals surface area contributed by atoms with Gasteiger partial charge in [0.1, 0.15) is 0 Å². The molecule has 0 aliphatic carbocycles. The summed E-state index contributed by atoms with van der Waals surface area (Å²) in [5.41, 5.74) is 4.78. The Hall–Kier alpha value is -1.84. The molecule has 1 aromatic heterocycles. The zero-order valence-corrected chi connectivity index (χ0v) is 12.3. The maximum Gasteiger partial charge on any atom is 0.0491 e. The third-order valence-electron chi connectivity index (χ3n) is 4.11. The molecule has 1 heterocycles. The number of hydrogen-bond acceptors (Lipinski definition) is 2. The predicted octanol–water partition coefficient (Wildman–Crippen LogP) is 2.88. The highest BCUT2D eigenvalue weighted by Crippen LogP contribution is 2.30. The van der Waals surface area contributed by atoms with Gasteiger partial charge < -0.3 is 14.8 Å². The normalized spacial score (nSPS) is 11.6. The second-order valence-electron chi connectivity index (χ2n) is 5.39. The number of fused-ring (bicyclic) bond motifs is 3. The standard InChI is InChI=1S/C18H21NO2/c1-2-19-17-5-3-13(7-9-20)11-15(17)16-12-14(8-10-21)4-6-18(16)19/h3-6,11-12,20-21H,2,7-10H2,1H3. The van der Waals surface area contributed by atoms with Gasteiger partial charge in [-0.05, 0) is 55.2 Å². The molecular formula is C18H21NO2. The monoisotopic (exact) mass is 283 g/mol. The molecule has 21 heavy (non-hydrogen) atoms. The lowest BCUT2D eigenvalue weighted by Crippen LogP contribution is -1.94. The van der Waals surface area contributed by atoms with E-state index in [0.717, 1.165) is 17.7 Å². The highest BCUT2D eigenvalue weighted by atomic mass is 16.3. The number of hydrogen-bond donors (Lipinski definition) is 2. The lowest BCUT2D eigenvalue weighted by atomic mass is 10.0. The van der Waals surface area contributed by atoms with Crippen molar-refractivity contribution in [2.45, 2.75) is 26.3 Å². The Morgan fingerprint density at radius 1 is 0.810 bits per heavy atom. The summed E-state index contributed by atoms with van der Waals surface area (Å²) in [7, 11) is 0. The van der Waals surface area contributed by atoms with Gasteiger partial charge in [-0.15, -0.1) is 0 Å². The van der Waals surface area contributed by atoms with Crippen molar-refractivity contribution in [3.63, 3.8) is 0 Å². The van der Waals surface area contributed by atoms with Crippen molar-refractivity contribution >= 4 is 21.8 Å². The second-order valence-corrected chi connectivity index (χ2v) is 5.39. The van der Waals surface area contributed by atoms with Crippen LogP contribution in [0.1, 0.15) is 18.1 Å². The number of aromatic nitrogens is 1. The first-order valence-corrected chi connectivity index (χ1v) is 7.54. The molecule has 0 saturated heterocycles. The molecular weight excluding hydrogens is 262 g/mol. The van der Waals surface area contributed by atoms with E-state index in [1.807, 2.05) is 0 Å². The highest BCUT2D eigenvalue weighted by Gasteiger charge is 2.10. The number of rotatable bonds is 5. The lowest BCUT2D eigenvalue weighted by molar-refractivity contribution is 0.299. The van der Waals surface area contributed by atoms with Crippen LogP contribution in [0.25, 0.3) is 21.8 Å². The summed E-state index contributed by atoms with van der Waals surface area (Å²) in [6.45, 7) is 3.43. The number of aliphatic hydroxyl groups is 2. The minimum atomic E-state index is 0.174. The Balaban J connectivity index is 2.28. The Labute approximate surface area is 124 Å². The molecule has 0 unspecified atom stereocenters. The molecule has 110 valence electrons. The van der Waals surface area contributed by atoms with Gasteiger partial charge >= 0.3 is 0 Å². The zero-order chi connectivity index (χ0) is 14.8. The van der Waals surface area contributed by atoms with E-state index in [-0.39, 0.29) is 13.2 Å². The van der Waals surface area contributed by atoms with Gasteiger partial charge in [-0.1, -0.05) is 12.1 Å². The van der Waals surface area contributed by atoms with Crippen LogP contribution in [0.15, 0.2) is 36.4 Å². The lowest BCUT2D eigenvalue weighted by Gasteiger charge is -2.04. The topological polar surface area (TPSA) is 45.4 Å². The summed E-state index contributed by atoms with van der Waals surface area (Å²) in [4.78, 5) is 0. The second kappa shape index (κ2) is 5.88. The maximum atomic E-state index is 9.14. The fourth-order valence-corrected chi connectivity index (χ4v) is 3.11. The summed E-state index contributed by atoms with van der Waals surface area (Å²) in [5, 5.41) is 20.7. The maximum absolute atomic E-state index is 9.14. The van der Waals surface area contributed by atoms with Gasteiger partial charge in [-0.2, -0.15) is 0 Å². The molecule has 0 amide bonds. The first-order chi connectivity index (χ1) is 10.3. The summed E-state index contributed by atoms with van der Waals surface area (Å²) >= 11 is 0. The van der Waals surface area contributed by atoms with Gasteiger partial charge in [-0.25, -0.2) is 0 Å². The molecule has 3 nitrogen and oxygen atoms in total. The molecule has 3 heteroatoms. The average Bonchev–Trinajstić information content (AvgIpc) is 2.81. The Bertz CT molecular complexity index is 710. The molecule has 0 spiro atoms. The molecule has 0 fully saturated rings. The van der Waals surface area contributed by atoms with E-state index < -0.39 is 0 Å². The van der Waals surface area contributed by atoms with Gasteiger partial charge in [0.2, 0.25) is 0 Å². The molecule has 0 radical (unpaired) electrons. The molecule has 3 aromatic rings. The van der Waals surface area contributed by atoms with Crippen molar-refractivity contribution in [1.29, 1.82) is 0 Å². The van der Waals surface area contributed by atoms with Crippen molar-refractivity contribution in [3.05, 3.63) is 47.5 Å². The van der Waals surface area contributed by atoms with Crippen LogP contribution in [-0.4, -0.2) is 28.0 Å². The van der Waals surface area contributed by atoms with Gasteiger partial charge in [0.05, 0.1) is 0 Å². The van der Waals surface area contributed by atoms with Crippen LogP contribution in [0.2, 0.25) is 0 Å². The fourth-order valence-electron chi connectivity index (χ4n) is 3.11. The van der Waals surface area contributed by atoms with Crippen molar-refractivity contribution in [2.24, 2.45) is 0 Å². The Morgan fingerprint density at radius 3 is 1.67 bits per heavy atom. The number of aryl methyl sites for hydroxylation is 1. The molecule has 0 aliphatic rings. The highest BCUT2D eigenvalue weighted by molar-refractivity contribution is 6.08. The number of nitrogens with zero attached hydrogens (tertiary/aromatic N) is 1. The van der Waals surface area contributed by atoms with Crippen LogP contribution in [-0.2, 0) is 19.4 Å². The minimum absolute atomic E-state index is 0.174. The molecule has 0 saturated carbocycles. The average molecular weight is 283 g/mol. The summed E-state index contributed by atoms with van der Waals surface area (Å²) in [5.74, 6) is 0. The van der Waals surface area contributed by atoms with E-state index >= 15 is 0 Å². The largest absolute Gasteiger partial charge is 0.396 e. The Kier molecular flexibility index (Phi) is 3.95. The molecule has 3 rings (SSSR count). The van der Waals surface area contributed by atoms with Gasteiger partial charge in [0.25, 0.3) is 0 Å². The van der Waals surface area contributed by atoms with Crippen LogP contribution in [0.3, 0.4) is 0 Å². The van der Waals surface area contributed by atoms with E-state index in [1.165, 1.54) is 21.8 Å². The SMILES string of the molecule is CCn1c2ccc(CCO)cc2c2cc(CCO)ccc21. The molecule has 2 aromatic carbocycles. The van der Waals surface area contributed by atoms with Crippen molar-refractivity contribution in [1.82, 2.24) is 4.57 Å². The number of benzene rings is 2. The zero-order valence-electron chi connectivity index (χ0n) is 12.3. The minimum Gasteiger partial charge on any atom is -0.396 e. The number of aliphatic hydroxyl groups excluding tert-OH is 2. The first kappa shape index (κ1) is 14.1. The van der Waals surface area contributed by atoms with Crippen LogP contribution in [0, 0.1) is 0 Å². The van der Waals surface area contributed by atoms with E-state index in [9.17, 15) is 0 Å². The summed E-state index contributed by atoms with van der Waals surface area (Å²) in [6, 6.07) is 12.9. The first-order valence-electron chi connectivity index (χ1n) is 7.54. The quantitative estimate of drug-likeness (QED) is 0.756. The summed E-state index contributed by atoms with van der Waals surface area (Å²) in [6.07, 6.45) is 1.37. The van der Waals surface area contributed by atoms with Crippen molar-refractivity contribution in [2.75, 3.05) is 13.2 Å². The third kappa shape index (κ3) is 2.43. The van der Waals surface area contributed by atoms with E-state index in [2.05, 4.69) is 47.9 Å². The van der Waals surface area contributed by atoms with Crippen LogP contribution in [0.4, 0.5) is 0 Å².